The van der Waals surface area contributed by atoms with E-state index in [1.54, 1.807) is 12.1 Å². The second-order valence-electron chi connectivity index (χ2n) is 6.21. The molecule has 0 aliphatic rings. The molecule has 1 aromatic rings. The van der Waals surface area contributed by atoms with E-state index < -0.39 is 0 Å². The molecule has 0 fully saturated rings. The Bertz CT molecular complexity index is 409. The summed E-state index contributed by atoms with van der Waals surface area (Å²) in [6.07, 6.45) is 6.21. The molecule has 0 heterocycles. The average molecular weight is 306 g/mol. The van der Waals surface area contributed by atoms with Crippen molar-refractivity contribution in [3.63, 3.8) is 0 Å². The van der Waals surface area contributed by atoms with Gasteiger partial charge in [0.1, 0.15) is 6.61 Å². The molecule has 0 spiro atoms. The van der Waals surface area contributed by atoms with Gasteiger partial charge in [-0.2, -0.15) is 0 Å². The molecule has 0 radical (unpaired) electrons. The van der Waals surface area contributed by atoms with E-state index in [0.29, 0.717) is 18.8 Å². The number of rotatable bonds is 11. The van der Waals surface area contributed by atoms with E-state index in [4.69, 9.17) is 9.47 Å². The molecular formula is C19H30O3. The number of esters is 1. The maximum atomic E-state index is 11.7. The van der Waals surface area contributed by atoms with Gasteiger partial charge in [0.25, 0.3) is 0 Å². The van der Waals surface area contributed by atoms with Gasteiger partial charge in [-0.05, 0) is 31.4 Å². The number of hydrogen-bond acceptors (Lipinski definition) is 3. The molecule has 3 heteroatoms. The van der Waals surface area contributed by atoms with Crippen LogP contribution in [-0.2, 0) is 9.47 Å². The molecule has 0 unspecified atom stereocenters. The molecule has 0 aliphatic heterocycles. The number of carbonyl (C=O) groups excluding carboxylic acids is 1. The minimum absolute atomic E-state index is 0.280. The molecule has 1 rings (SSSR count). The lowest BCUT2D eigenvalue weighted by atomic mass is 10.0. The minimum Gasteiger partial charge on any atom is -0.460 e. The Morgan fingerprint density at radius 2 is 1.64 bits per heavy atom. The van der Waals surface area contributed by atoms with Gasteiger partial charge in [0.2, 0.25) is 0 Å². The SMILES string of the molecule is Cc1ccc(C(=O)OCCOCCCCCCC(C)C)cc1. The van der Waals surface area contributed by atoms with Crippen LogP contribution in [0.5, 0.6) is 0 Å². The smallest absolute Gasteiger partial charge is 0.338 e. The van der Waals surface area contributed by atoms with Crippen molar-refractivity contribution in [2.24, 2.45) is 5.92 Å². The monoisotopic (exact) mass is 306 g/mol. The van der Waals surface area contributed by atoms with E-state index in [1.807, 2.05) is 19.1 Å². The zero-order valence-electron chi connectivity index (χ0n) is 14.3. The maximum Gasteiger partial charge on any atom is 0.338 e. The van der Waals surface area contributed by atoms with Crippen molar-refractivity contribution >= 4 is 5.97 Å². The molecular weight excluding hydrogens is 276 g/mol. The zero-order valence-corrected chi connectivity index (χ0v) is 14.3. The standard InChI is InChI=1S/C19H30O3/c1-16(2)8-6-4-5-7-13-21-14-15-22-19(20)18-11-9-17(3)10-12-18/h9-12,16H,4-8,13-15H2,1-3H3. The third-order valence-corrected chi connectivity index (χ3v) is 3.57. The van der Waals surface area contributed by atoms with Crippen LogP contribution in [0.1, 0.15) is 61.9 Å². The molecule has 0 aliphatic carbocycles. The Morgan fingerprint density at radius 1 is 0.955 bits per heavy atom. The number of aryl methyl sites for hydroxylation is 1. The molecule has 0 aromatic heterocycles. The summed E-state index contributed by atoms with van der Waals surface area (Å²) in [5.74, 6) is 0.525. The van der Waals surface area contributed by atoms with Crippen molar-refractivity contribution < 1.29 is 14.3 Å². The van der Waals surface area contributed by atoms with Crippen molar-refractivity contribution in [3.8, 4) is 0 Å². The van der Waals surface area contributed by atoms with Gasteiger partial charge < -0.3 is 9.47 Å². The summed E-state index contributed by atoms with van der Waals surface area (Å²) in [5, 5.41) is 0. The molecule has 0 saturated carbocycles. The third-order valence-electron chi connectivity index (χ3n) is 3.57. The van der Waals surface area contributed by atoms with Crippen LogP contribution in [0.2, 0.25) is 0 Å². The van der Waals surface area contributed by atoms with Gasteiger partial charge in [-0.1, -0.05) is 57.2 Å². The van der Waals surface area contributed by atoms with Crippen molar-refractivity contribution in [3.05, 3.63) is 35.4 Å². The van der Waals surface area contributed by atoms with Crippen LogP contribution in [0.15, 0.2) is 24.3 Å². The van der Waals surface area contributed by atoms with Crippen LogP contribution < -0.4 is 0 Å². The summed E-state index contributed by atoms with van der Waals surface area (Å²) in [4.78, 5) is 11.7. The van der Waals surface area contributed by atoms with Crippen LogP contribution in [0.3, 0.4) is 0 Å². The zero-order chi connectivity index (χ0) is 16.2. The molecule has 124 valence electrons. The molecule has 3 nitrogen and oxygen atoms in total. The highest BCUT2D eigenvalue weighted by Crippen LogP contribution is 2.09. The van der Waals surface area contributed by atoms with Gasteiger partial charge in [-0.15, -0.1) is 0 Å². The molecule has 0 N–H and O–H groups in total. The van der Waals surface area contributed by atoms with E-state index in [2.05, 4.69) is 13.8 Å². The van der Waals surface area contributed by atoms with Crippen molar-refractivity contribution in [2.45, 2.75) is 52.9 Å². The van der Waals surface area contributed by atoms with Gasteiger partial charge in [0.15, 0.2) is 0 Å². The molecule has 1 aromatic carbocycles. The first-order valence-corrected chi connectivity index (χ1v) is 8.41. The Kier molecular flexibility index (Phi) is 9.56. The predicted octanol–water partition coefficient (Wildman–Crippen LogP) is 4.77. The first-order valence-electron chi connectivity index (χ1n) is 8.41. The fraction of sp³-hybridized carbons (Fsp3) is 0.632. The first-order chi connectivity index (χ1) is 10.6. The third kappa shape index (κ3) is 8.83. The predicted molar refractivity (Wildman–Crippen MR) is 90.2 cm³/mol. The molecule has 0 atom stereocenters. The van der Waals surface area contributed by atoms with Crippen LogP contribution in [0, 0.1) is 12.8 Å². The topological polar surface area (TPSA) is 35.5 Å². The van der Waals surface area contributed by atoms with E-state index >= 15 is 0 Å². The number of hydrogen-bond donors (Lipinski definition) is 0. The second-order valence-corrected chi connectivity index (χ2v) is 6.21. The van der Waals surface area contributed by atoms with Crippen molar-refractivity contribution in [1.29, 1.82) is 0 Å². The Labute approximate surface area is 135 Å². The van der Waals surface area contributed by atoms with Crippen molar-refractivity contribution in [1.82, 2.24) is 0 Å². The quantitative estimate of drug-likeness (QED) is 0.436. The van der Waals surface area contributed by atoms with Crippen LogP contribution >= 0.6 is 0 Å². The first kappa shape index (κ1) is 18.7. The Balaban J connectivity index is 1.95. The summed E-state index contributed by atoms with van der Waals surface area (Å²) in [5.41, 5.74) is 1.73. The summed E-state index contributed by atoms with van der Waals surface area (Å²) < 4.78 is 10.7. The number of unbranched alkanes of at least 4 members (excludes halogenated alkanes) is 3. The van der Waals surface area contributed by atoms with Gasteiger partial charge in [-0.25, -0.2) is 4.79 Å². The number of ether oxygens (including phenoxy) is 2. The minimum atomic E-state index is -0.280. The van der Waals surface area contributed by atoms with E-state index in [1.165, 1.54) is 25.7 Å². The van der Waals surface area contributed by atoms with E-state index in [9.17, 15) is 4.79 Å². The lowest BCUT2D eigenvalue weighted by molar-refractivity contribution is 0.0312. The summed E-state index contributed by atoms with van der Waals surface area (Å²) >= 11 is 0. The summed E-state index contributed by atoms with van der Waals surface area (Å²) in [6, 6.07) is 7.39. The largest absolute Gasteiger partial charge is 0.460 e. The van der Waals surface area contributed by atoms with Gasteiger partial charge in [-0.3, -0.25) is 0 Å². The highest BCUT2D eigenvalue weighted by Gasteiger charge is 2.05. The Hall–Kier alpha value is -1.35. The van der Waals surface area contributed by atoms with Gasteiger partial charge >= 0.3 is 5.97 Å². The molecule has 0 bridgehead atoms. The molecule has 0 amide bonds. The lowest BCUT2D eigenvalue weighted by Gasteiger charge is -2.07. The molecule has 22 heavy (non-hydrogen) atoms. The highest BCUT2D eigenvalue weighted by molar-refractivity contribution is 5.89. The van der Waals surface area contributed by atoms with Crippen LogP contribution in [0.25, 0.3) is 0 Å². The van der Waals surface area contributed by atoms with E-state index in [-0.39, 0.29) is 5.97 Å². The number of carbonyl (C=O) groups is 1. The normalized spacial score (nSPS) is 10.9. The van der Waals surface area contributed by atoms with Crippen LogP contribution in [0.4, 0.5) is 0 Å². The highest BCUT2D eigenvalue weighted by atomic mass is 16.6. The second kappa shape index (κ2) is 11.2. The average Bonchev–Trinajstić information content (AvgIpc) is 2.49. The maximum absolute atomic E-state index is 11.7. The number of benzene rings is 1. The Morgan fingerprint density at radius 3 is 2.32 bits per heavy atom. The fourth-order valence-electron chi connectivity index (χ4n) is 2.18. The summed E-state index contributed by atoms with van der Waals surface area (Å²) in [7, 11) is 0. The van der Waals surface area contributed by atoms with E-state index in [0.717, 1.165) is 24.5 Å². The lowest BCUT2D eigenvalue weighted by Crippen LogP contribution is -2.11. The molecule has 0 saturated heterocycles. The van der Waals surface area contributed by atoms with Crippen molar-refractivity contribution in [2.75, 3.05) is 19.8 Å². The van der Waals surface area contributed by atoms with Gasteiger partial charge in [0, 0.05) is 6.61 Å². The summed E-state index contributed by atoms with van der Waals surface area (Å²) in [6.45, 7) is 8.07. The van der Waals surface area contributed by atoms with Gasteiger partial charge in [0.05, 0.1) is 12.2 Å². The van der Waals surface area contributed by atoms with Crippen LogP contribution in [-0.4, -0.2) is 25.8 Å². The fourth-order valence-corrected chi connectivity index (χ4v) is 2.18.